The Labute approximate surface area is 229 Å². The number of nitrogens with zero attached hydrogens (tertiary/aromatic N) is 3. The molecule has 0 saturated carbocycles. The van der Waals surface area contributed by atoms with Crippen LogP contribution in [0.4, 0.5) is 0 Å². The van der Waals surface area contributed by atoms with Gasteiger partial charge >= 0.3 is 5.91 Å². The summed E-state index contributed by atoms with van der Waals surface area (Å²) in [6, 6.07) is 8.70. The molecule has 0 aromatic heterocycles. The van der Waals surface area contributed by atoms with Gasteiger partial charge < -0.3 is 20.7 Å². The molecular formula is C29H38N5O5+. The number of hydrogen-bond acceptors (Lipinski definition) is 7. The highest BCUT2D eigenvalue weighted by Gasteiger charge is 2.61. The van der Waals surface area contributed by atoms with Gasteiger partial charge in [-0.1, -0.05) is 47.6 Å². The van der Waals surface area contributed by atoms with Crippen LogP contribution in [0, 0.1) is 5.41 Å². The Hall–Kier alpha value is -3.47. The van der Waals surface area contributed by atoms with Crippen LogP contribution in [0.25, 0.3) is 0 Å². The summed E-state index contributed by atoms with van der Waals surface area (Å²) >= 11 is 0. The van der Waals surface area contributed by atoms with Gasteiger partial charge in [0.25, 0.3) is 0 Å². The van der Waals surface area contributed by atoms with Crippen LogP contribution in [-0.2, 0) is 30.3 Å². The van der Waals surface area contributed by atoms with Gasteiger partial charge in [0.2, 0.25) is 11.8 Å². The maximum atomic E-state index is 13.9. The molecule has 1 aliphatic carbocycles. The normalized spacial score (nSPS) is 23.2. The van der Waals surface area contributed by atoms with Crippen LogP contribution in [0.15, 0.2) is 59.2 Å². The maximum absolute atomic E-state index is 13.9. The van der Waals surface area contributed by atoms with E-state index in [4.69, 9.17) is 15.6 Å². The predicted molar refractivity (Wildman–Crippen MR) is 146 cm³/mol. The zero-order chi connectivity index (χ0) is 28.4. The highest BCUT2D eigenvalue weighted by Crippen LogP contribution is 2.40. The Kier molecular flexibility index (Phi) is 8.02. The molecule has 3 aliphatic rings. The van der Waals surface area contributed by atoms with Gasteiger partial charge in [0, 0.05) is 25.9 Å². The van der Waals surface area contributed by atoms with Gasteiger partial charge in [-0.2, -0.15) is 0 Å². The van der Waals surface area contributed by atoms with E-state index in [1.807, 2.05) is 36.4 Å². The van der Waals surface area contributed by atoms with Crippen LogP contribution in [0.1, 0.15) is 32.3 Å². The second-order valence-corrected chi connectivity index (χ2v) is 11.6. The van der Waals surface area contributed by atoms with E-state index in [-0.39, 0.29) is 41.9 Å². The summed E-state index contributed by atoms with van der Waals surface area (Å²) in [4.78, 5) is 53.8. The largest absolute Gasteiger partial charge is 0.374 e. The lowest BCUT2D eigenvalue weighted by atomic mass is 9.73. The Morgan fingerprint density at radius 3 is 2.62 bits per heavy atom. The highest BCUT2D eigenvalue weighted by atomic mass is 16.5. The minimum absolute atomic E-state index is 0.0148. The molecule has 1 aromatic rings. The summed E-state index contributed by atoms with van der Waals surface area (Å²) in [7, 11) is 3.51. The number of benzene rings is 1. The number of rotatable bonds is 9. The van der Waals surface area contributed by atoms with Crippen LogP contribution in [0.2, 0.25) is 0 Å². The third-order valence-electron chi connectivity index (χ3n) is 7.31. The number of ketones is 1. The van der Waals surface area contributed by atoms with Gasteiger partial charge in [-0.25, -0.2) is 4.79 Å². The number of nitrogens with one attached hydrogen (secondary N) is 1. The van der Waals surface area contributed by atoms with Crippen molar-refractivity contribution in [1.82, 2.24) is 10.2 Å². The fourth-order valence-corrected chi connectivity index (χ4v) is 5.31. The maximum Gasteiger partial charge on any atom is 0.353 e. The number of allylic oxidation sites excluding steroid dienone is 2. The fraction of sp³-hybridized carbons (Fsp3) is 0.483. The van der Waals surface area contributed by atoms with Crippen molar-refractivity contribution >= 4 is 29.2 Å². The van der Waals surface area contributed by atoms with Crippen molar-refractivity contribution < 1.29 is 28.5 Å². The van der Waals surface area contributed by atoms with Crippen LogP contribution in [-0.4, -0.2) is 90.7 Å². The third-order valence-corrected chi connectivity index (χ3v) is 7.31. The second-order valence-electron chi connectivity index (χ2n) is 11.6. The van der Waals surface area contributed by atoms with E-state index in [9.17, 15) is 19.2 Å². The summed E-state index contributed by atoms with van der Waals surface area (Å²) < 4.78 is 5.67. The minimum Gasteiger partial charge on any atom is -0.374 e. The summed E-state index contributed by atoms with van der Waals surface area (Å²) in [5, 5.41) is 7.48. The smallest absolute Gasteiger partial charge is 0.353 e. The molecule has 1 aromatic carbocycles. The van der Waals surface area contributed by atoms with Gasteiger partial charge in [-0.15, -0.1) is 4.59 Å². The molecule has 10 nitrogen and oxygen atoms in total. The molecule has 0 bridgehead atoms. The number of hydrogen-bond donors (Lipinski definition) is 2. The third kappa shape index (κ3) is 6.24. The van der Waals surface area contributed by atoms with E-state index in [0.29, 0.717) is 31.4 Å². The summed E-state index contributed by atoms with van der Waals surface area (Å²) in [5.74, 6) is -0.934. The monoisotopic (exact) mass is 536 g/mol. The molecule has 2 heterocycles. The van der Waals surface area contributed by atoms with Crippen molar-refractivity contribution in [2.75, 3.05) is 40.4 Å². The number of likely N-dealkylation sites (tertiary alicyclic amines) is 1. The van der Waals surface area contributed by atoms with E-state index < -0.39 is 22.9 Å². The van der Waals surface area contributed by atoms with Gasteiger partial charge in [0.05, 0.1) is 24.5 Å². The SMILES string of the molecule is CC(C)(N)C(=O)N[C@H](COCC1=CC(=O)CC=C1)C(=O)N1CCC2=N[N+](C)(C)C(=O)[C@]2(Cc2ccccc2)C1. The van der Waals surface area contributed by atoms with Gasteiger partial charge in [-0.3, -0.25) is 14.4 Å². The van der Waals surface area contributed by atoms with Crippen LogP contribution in [0.5, 0.6) is 0 Å². The van der Waals surface area contributed by atoms with E-state index >= 15 is 0 Å². The molecule has 4 rings (SSSR count). The van der Waals surface area contributed by atoms with Crippen LogP contribution < -0.4 is 11.1 Å². The molecule has 2 aliphatic heterocycles. The number of carbonyl (C=O) groups is 4. The number of ether oxygens (including phenoxy) is 1. The molecule has 3 N–H and O–H groups in total. The van der Waals surface area contributed by atoms with E-state index in [0.717, 1.165) is 11.3 Å². The lowest BCUT2D eigenvalue weighted by molar-refractivity contribution is -0.818. The lowest BCUT2D eigenvalue weighted by Crippen LogP contribution is -2.62. The van der Waals surface area contributed by atoms with Crippen molar-refractivity contribution in [3.8, 4) is 0 Å². The highest BCUT2D eigenvalue weighted by molar-refractivity contribution is 6.11. The van der Waals surface area contributed by atoms with Gasteiger partial charge in [0.1, 0.15) is 20.1 Å². The molecule has 3 amide bonds. The molecule has 0 unspecified atom stereocenters. The standard InChI is InChI=1S/C29H37N5O5/c1-28(2,30)26(37)31-23(18-39-17-21-11-8-12-22(35)15-21)25(36)33-14-13-24-29(19-33,27(38)34(3,4)32-24)16-20-9-6-5-7-10-20/h5-11,15,23H,12-14,16-19,30H2,1-4H3/p+1/t23-,29-/m1/s1. The first-order valence-electron chi connectivity index (χ1n) is 13.2. The fourth-order valence-electron chi connectivity index (χ4n) is 5.31. The zero-order valence-electron chi connectivity index (χ0n) is 23.1. The van der Waals surface area contributed by atoms with Crippen molar-refractivity contribution in [1.29, 1.82) is 0 Å². The number of piperidine rings is 1. The number of nitrogens with two attached hydrogens (primary N) is 1. The summed E-state index contributed by atoms with van der Waals surface area (Å²) in [6.07, 6.45) is 6.32. The zero-order valence-corrected chi connectivity index (χ0v) is 23.1. The Balaban J connectivity index is 1.56. The van der Waals surface area contributed by atoms with Crippen molar-refractivity contribution in [3.63, 3.8) is 0 Å². The quantitative estimate of drug-likeness (QED) is 0.455. The lowest BCUT2D eigenvalue weighted by Gasteiger charge is -2.39. The van der Waals surface area contributed by atoms with Crippen molar-refractivity contribution in [2.24, 2.45) is 16.3 Å². The first-order chi connectivity index (χ1) is 18.3. The summed E-state index contributed by atoms with van der Waals surface area (Å²) in [5.41, 5.74) is 6.30. The van der Waals surface area contributed by atoms with E-state index in [2.05, 4.69) is 5.32 Å². The molecule has 1 fully saturated rings. The average molecular weight is 537 g/mol. The topological polar surface area (TPSA) is 131 Å². The second kappa shape index (κ2) is 11.0. The number of carbonyl (C=O) groups excluding carboxylic acids is 4. The molecule has 2 atom stereocenters. The van der Waals surface area contributed by atoms with E-state index in [1.54, 1.807) is 38.9 Å². The van der Waals surface area contributed by atoms with Gasteiger partial charge in [0.15, 0.2) is 11.2 Å². The summed E-state index contributed by atoms with van der Waals surface area (Å²) in [6.45, 7) is 3.64. The number of quaternary nitrogens is 1. The Morgan fingerprint density at radius 2 is 1.95 bits per heavy atom. The Morgan fingerprint density at radius 1 is 1.23 bits per heavy atom. The van der Waals surface area contributed by atoms with Crippen LogP contribution >= 0.6 is 0 Å². The number of amides is 3. The molecule has 39 heavy (non-hydrogen) atoms. The molecule has 10 heteroatoms. The molecule has 1 saturated heterocycles. The average Bonchev–Trinajstić information content (AvgIpc) is 3.07. The molecule has 208 valence electrons. The van der Waals surface area contributed by atoms with Crippen LogP contribution in [0.3, 0.4) is 0 Å². The first kappa shape index (κ1) is 28.5. The predicted octanol–water partition coefficient (Wildman–Crippen LogP) is 1.11. The molecule has 0 spiro atoms. The van der Waals surface area contributed by atoms with Crippen molar-refractivity contribution in [3.05, 3.63) is 59.7 Å². The molecule has 0 radical (unpaired) electrons. The molecular weight excluding hydrogens is 498 g/mol. The first-order valence-corrected chi connectivity index (χ1v) is 13.2. The van der Waals surface area contributed by atoms with Gasteiger partial charge in [-0.05, 0) is 37.5 Å². The minimum atomic E-state index is -1.21. The van der Waals surface area contributed by atoms with E-state index in [1.165, 1.54) is 6.08 Å². The van der Waals surface area contributed by atoms with Crippen molar-refractivity contribution in [2.45, 2.75) is 44.7 Å². The number of fused-ring (bicyclic) bond motifs is 1. The Bertz CT molecular complexity index is 1240.